The fraction of sp³-hybridized carbons (Fsp3) is 0.267. The molecule has 19 heavy (non-hydrogen) atoms. The van der Waals surface area contributed by atoms with E-state index >= 15 is 0 Å². The molecular formula is C15H16Br2N2. The smallest absolute Gasteiger partial charge is 0.0413 e. The Morgan fingerprint density at radius 3 is 2.63 bits per heavy atom. The Kier molecular flexibility index (Phi) is 5.55. The first-order chi connectivity index (χ1) is 9.19. The summed E-state index contributed by atoms with van der Waals surface area (Å²) in [7, 11) is 1.99. The Balaban J connectivity index is 2.18. The van der Waals surface area contributed by atoms with Crippen LogP contribution in [0.1, 0.15) is 17.2 Å². The van der Waals surface area contributed by atoms with Crippen molar-refractivity contribution >= 4 is 31.9 Å². The van der Waals surface area contributed by atoms with Gasteiger partial charge in [0.25, 0.3) is 0 Å². The summed E-state index contributed by atoms with van der Waals surface area (Å²) in [4.78, 5) is 4.46. The van der Waals surface area contributed by atoms with E-state index in [2.05, 4.69) is 72.5 Å². The van der Waals surface area contributed by atoms with Crippen LogP contribution in [0.15, 0.2) is 51.5 Å². The molecule has 1 atom stereocenters. The Morgan fingerprint density at radius 2 is 2.00 bits per heavy atom. The largest absolute Gasteiger partial charge is 0.319 e. The number of aromatic nitrogens is 1. The predicted molar refractivity (Wildman–Crippen MR) is 86.5 cm³/mol. The zero-order chi connectivity index (χ0) is 13.7. The van der Waals surface area contributed by atoms with Gasteiger partial charge in [-0.1, -0.05) is 28.1 Å². The summed E-state index contributed by atoms with van der Waals surface area (Å²) in [5.74, 6) is 0.427. The lowest BCUT2D eigenvalue weighted by Gasteiger charge is -2.17. The molecule has 1 aromatic heterocycles. The van der Waals surface area contributed by atoms with E-state index < -0.39 is 0 Å². The van der Waals surface area contributed by atoms with Crippen LogP contribution in [0.25, 0.3) is 0 Å². The third-order valence-corrected chi connectivity index (χ3v) is 3.98. The third kappa shape index (κ3) is 4.41. The molecule has 0 bridgehead atoms. The van der Waals surface area contributed by atoms with E-state index in [4.69, 9.17) is 0 Å². The third-order valence-electron chi connectivity index (χ3n) is 3.01. The molecule has 1 N–H and O–H groups in total. The highest BCUT2D eigenvalue weighted by Gasteiger charge is 2.12. The molecule has 0 aliphatic heterocycles. The molecule has 1 heterocycles. The van der Waals surface area contributed by atoms with Crippen LogP contribution in [0.3, 0.4) is 0 Å². The first kappa shape index (κ1) is 14.7. The van der Waals surface area contributed by atoms with Gasteiger partial charge >= 0.3 is 0 Å². The van der Waals surface area contributed by atoms with Crippen LogP contribution in [0.5, 0.6) is 0 Å². The van der Waals surface area contributed by atoms with Crippen molar-refractivity contribution in [2.75, 3.05) is 13.6 Å². The van der Waals surface area contributed by atoms with Crippen molar-refractivity contribution < 1.29 is 0 Å². The van der Waals surface area contributed by atoms with E-state index in [1.54, 1.807) is 0 Å². The number of nitrogens with zero attached hydrogens (tertiary/aromatic N) is 1. The molecule has 0 radical (unpaired) electrons. The van der Waals surface area contributed by atoms with Crippen molar-refractivity contribution in [1.82, 2.24) is 10.3 Å². The van der Waals surface area contributed by atoms with Crippen molar-refractivity contribution in [3.8, 4) is 0 Å². The maximum absolute atomic E-state index is 4.46. The summed E-state index contributed by atoms with van der Waals surface area (Å²) in [5, 5.41) is 3.27. The summed E-state index contributed by atoms with van der Waals surface area (Å²) in [6.45, 7) is 0.939. The van der Waals surface area contributed by atoms with Crippen molar-refractivity contribution in [3.63, 3.8) is 0 Å². The van der Waals surface area contributed by atoms with Gasteiger partial charge in [-0.3, -0.25) is 4.98 Å². The van der Waals surface area contributed by atoms with E-state index in [1.165, 1.54) is 5.56 Å². The van der Waals surface area contributed by atoms with E-state index in [-0.39, 0.29) is 0 Å². The number of halogens is 2. The second kappa shape index (κ2) is 7.17. The predicted octanol–water partition coefficient (Wildman–Crippen LogP) is 4.15. The van der Waals surface area contributed by atoms with Gasteiger partial charge in [0.1, 0.15) is 0 Å². The number of hydrogen-bond donors (Lipinski definition) is 1. The van der Waals surface area contributed by atoms with Crippen molar-refractivity contribution in [3.05, 3.63) is 62.8 Å². The lowest BCUT2D eigenvalue weighted by atomic mass is 9.94. The second-order valence-corrected chi connectivity index (χ2v) is 6.31. The summed E-state index contributed by atoms with van der Waals surface area (Å²) < 4.78 is 2.14. The molecule has 2 nitrogen and oxygen atoms in total. The summed E-state index contributed by atoms with van der Waals surface area (Å²) in [6, 6.07) is 12.6. The van der Waals surface area contributed by atoms with Crippen LogP contribution >= 0.6 is 31.9 Å². The molecule has 0 saturated heterocycles. The molecule has 0 spiro atoms. The second-order valence-electron chi connectivity index (χ2n) is 4.48. The van der Waals surface area contributed by atoms with Crippen LogP contribution in [0, 0.1) is 0 Å². The van der Waals surface area contributed by atoms with E-state index in [9.17, 15) is 0 Å². The molecule has 4 heteroatoms. The summed E-state index contributed by atoms with van der Waals surface area (Å²) in [6.07, 6.45) is 2.79. The topological polar surface area (TPSA) is 24.9 Å². The first-order valence-corrected chi connectivity index (χ1v) is 7.78. The summed E-state index contributed by atoms with van der Waals surface area (Å²) >= 11 is 6.95. The molecule has 0 aliphatic carbocycles. The van der Waals surface area contributed by atoms with Gasteiger partial charge in [0, 0.05) is 33.3 Å². The van der Waals surface area contributed by atoms with Gasteiger partial charge in [-0.15, -0.1) is 0 Å². The number of likely N-dealkylation sites (N-methyl/N-ethyl adjacent to an activating group) is 1. The molecule has 2 rings (SSSR count). The molecule has 1 unspecified atom stereocenters. The number of pyridine rings is 1. The van der Waals surface area contributed by atoms with Crippen molar-refractivity contribution in [1.29, 1.82) is 0 Å². The Labute approximate surface area is 130 Å². The fourth-order valence-electron chi connectivity index (χ4n) is 2.09. The molecule has 0 fully saturated rings. The minimum atomic E-state index is 0.427. The highest BCUT2D eigenvalue weighted by molar-refractivity contribution is 9.10. The Morgan fingerprint density at radius 1 is 1.16 bits per heavy atom. The standard InChI is InChI=1S/C15H16Br2N2/c1-18-9-12(11-3-2-4-13(16)7-11)8-15-6-5-14(17)10-19-15/h2-7,10,12,18H,8-9H2,1H3. The molecular weight excluding hydrogens is 368 g/mol. The minimum absolute atomic E-state index is 0.427. The highest BCUT2D eigenvalue weighted by atomic mass is 79.9. The fourth-order valence-corrected chi connectivity index (χ4v) is 2.75. The molecule has 0 amide bonds. The number of hydrogen-bond acceptors (Lipinski definition) is 2. The zero-order valence-electron chi connectivity index (χ0n) is 10.7. The van der Waals surface area contributed by atoms with Gasteiger partial charge in [0.05, 0.1) is 0 Å². The summed E-state index contributed by atoms with van der Waals surface area (Å²) in [5.41, 5.74) is 2.44. The molecule has 2 aromatic rings. The van der Waals surface area contributed by atoms with E-state index in [0.717, 1.165) is 27.6 Å². The monoisotopic (exact) mass is 382 g/mol. The van der Waals surface area contributed by atoms with Gasteiger partial charge in [-0.05, 0) is 59.2 Å². The van der Waals surface area contributed by atoms with Crippen LogP contribution in [0.2, 0.25) is 0 Å². The minimum Gasteiger partial charge on any atom is -0.319 e. The SMILES string of the molecule is CNCC(Cc1ccc(Br)cn1)c1cccc(Br)c1. The maximum Gasteiger partial charge on any atom is 0.0413 e. The van der Waals surface area contributed by atoms with Crippen molar-refractivity contribution in [2.45, 2.75) is 12.3 Å². The van der Waals surface area contributed by atoms with Gasteiger partial charge in [0.2, 0.25) is 0 Å². The van der Waals surface area contributed by atoms with Gasteiger partial charge in [-0.25, -0.2) is 0 Å². The van der Waals surface area contributed by atoms with Gasteiger partial charge < -0.3 is 5.32 Å². The average molecular weight is 384 g/mol. The zero-order valence-corrected chi connectivity index (χ0v) is 13.9. The number of rotatable bonds is 5. The maximum atomic E-state index is 4.46. The van der Waals surface area contributed by atoms with Gasteiger partial charge in [0.15, 0.2) is 0 Å². The van der Waals surface area contributed by atoms with E-state index in [0.29, 0.717) is 5.92 Å². The lowest BCUT2D eigenvalue weighted by molar-refractivity contribution is 0.618. The number of nitrogens with one attached hydrogen (secondary N) is 1. The Bertz CT molecular complexity index is 526. The molecule has 100 valence electrons. The normalized spacial score (nSPS) is 12.4. The van der Waals surface area contributed by atoms with E-state index in [1.807, 2.05) is 19.3 Å². The van der Waals surface area contributed by atoms with Crippen LogP contribution in [-0.2, 0) is 6.42 Å². The molecule has 0 saturated carbocycles. The molecule has 0 aliphatic rings. The highest BCUT2D eigenvalue weighted by Crippen LogP contribution is 2.23. The van der Waals surface area contributed by atoms with Gasteiger partial charge in [-0.2, -0.15) is 0 Å². The molecule has 1 aromatic carbocycles. The lowest BCUT2D eigenvalue weighted by Crippen LogP contribution is -2.19. The Hall–Kier alpha value is -0.710. The van der Waals surface area contributed by atoms with Crippen molar-refractivity contribution in [2.24, 2.45) is 0 Å². The quantitative estimate of drug-likeness (QED) is 0.838. The van der Waals surface area contributed by atoms with Crippen LogP contribution < -0.4 is 5.32 Å². The van der Waals surface area contributed by atoms with Crippen LogP contribution in [-0.4, -0.2) is 18.6 Å². The first-order valence-electron chi connectivity index (χ1n) is 6.19. The van der Waals surface area contributed by atoms with Crippen LogP contribution in [0.4, 0.5) is 0 Å². The average Bonchev–Trinajstić information content (AvgIpc) is 2.41. The number of benzene rings is 1.